The molecule has 5 nitrogen and oxygen atoms in total. The van der Waals surface area contributed by atoms with E-state index in [4.69, 9.17) is 0 Å². The number of carbonyl (C=O) groups is 2. The van der Waals surface area contributed by atoms with Gasteiger partial charge in [0.25, 0.3) is 5.91 Å². The standard InChI is InChI=1S/C22H21N3O2S/c1-14-9-10-16(11-15(14)2)12-19-21(27)25(17-7-5-4-6-8-17)22(28-19)18(13-23)20(26)24-3/h4-11,19H,12H2,1-3H3,(H,24,26)/b22-18-/t19-/m1/s1. The number of para-hydroxylation sites is 1. The second kappa shape index (κ2) is 8.32. The van der Waals surface area contributed by atoms with Crippen molar-refractivity contribution in [2.24, 2.45) is 0 Å². The lowest BCUT2D eigenvalue weighted by Gasteiger charge is -2.18. The molecule has 0 saturated carbocycles. The molecule has 1 N–H and O–H groups in total. The number of anilines is 1. The van der Waals surface area contributed by atoms with Gasteiger partial charge in [0.15, 0.2) is 0 Å². The molecule has 142 valence electrons. The third-order valence-corrected chi connectivity index (χ3v) is 6.00. The quantitative estimate of drug-likeness (QED) is 0.640. The summed E-state index contributed by atoms with van der Waals surface area (Å²) in [6.45, 7) is 4.10. The molecular formula is C22H21N3O2S. The summed E-state index contributed by atoms with van der Waals surface area (Å²) in [5.41, 5.74) is 4.03. The van der Waals surface area contributed by atoms with Crippen LogP contribution < -0.4 is 10.2 Å². The van der Waals surface area contributed by atoms with Gasteiger partial charge >= 0.3 is 0 Å². The van der Waals surface area contributed by atoms with Crippen LogP contribution in [0.4, 0.5) is 5.69 Å². The van der Waals surface area contributed by atoms with Gasteiger partial charge in [-0.15, -0.1) is 0 Å². The molecule has 2 aromatic rings. The Morgan fingerprint density at radius 2 is 1.89 bits per heavy atom. The van der Waals surface area contributed by atoms with Gasteiger partial charge in [0.05, 0.1) is 5.25 Å². The van der Waals surface area contributed by atoms with E-state index >= 15 is 0 Å². The predicted molar refractivity (Wildman–Crippen MR) is 112 cm³/mol. The molecule has 28 heavy (non-hydrogen) atoms. The molecule has 1 heterocycles. The van der Waals surface area contributed by atoms with Crippen LogP contribution in [0.25, 0.3) is 0 Å². The zero-order valence-corrected chi connectivity index (χ0v) is 16.8. The van der Waals surface area contributed by atoms with E-state index in [0.717, 1.165) is 5.56 Å². The number of aryl methyl sites for hydroxylation is 2. The van der Waals surface area contributed by atoms with Gasteiger partial charge in [-0.1, -0.05) is 48.2 Å². The average molecular weight is 391 g/mol. The highest BCUT2D eigenvalue weighted by Crippen LogP contribution is 2.41. The average Bonchev–Trinajstić information content (AvgIpc) is 3.01. The van der Waals surface area contributed by atoms with E-state index < -0.39 is 11.2 Å². The van der Waals surface area contributed by atoms with Crippen molar-refractivity contribution in [3.05, 3.63) is 75.8 Å². The van der Waals surface area contributed by atoms with Crippen molar-refractivity contribution in [2.75, 3.05) is 11.9 Å². The molecular weight excluding hydrogens is 370 g/mol. The topological polar surface area (TPSA) is 73.2 Å². The second-order valence-corrected chi connectivity index (χ2v) is 7.80. The molecule has 1 aliphatic heterocycles. The molecule has 1 fully saturated rings. The normalized spacial score (nSPS) is 18.0. The van der Waals surface area contributed by atoms with Crippen LogP contribution in [0.1, 0.15) is 16.7 Å². The lowest BCUT2D eigenvalue weighted by molar-refractivity contribution is -0.117. The van der Waals surface area contributed by atoms with Gasteiger partial charge in [-0.3, -0.25) is 14.5 Å². The minimum atomic E-state index is -0.495. The van der Waals surface area contributed by atoms with Crippen LogP contribution in [0.2, 0.25) is 0 Å². The van der Waals surface area contributed by atoms with Crippen molar-refractivity contribution >= 4 is 29.3 Å². The number of rotatable bonds is 4. The molecule has 1 aliphatic rings. The number of nitrogens with zero attached hydrogens (tertiary/aromatic N) is 2. The summed E-state index contributed by atoms with van der Waals surface area (Å²) < 4.78 is 0. The zero-order chi connectivity index (χ0) is 20.3. The Hall–Kier alpha value is -3.04. The number of benzene rings is 2. The van der Waals surface area contributed by atoms with Gasteiger partial charge in [-0.2, -0.15) is 5.26 Å². The zero-order valence-electron chi connectivity index (χ0n) is 16.0. The van der Waals surface area contributed by atoms with Gasteiger partial charge in [0, 0.05) is 12.7 Å². The van der Waals surface area contributed by atoms with Crippen LogP contribution in [0.3, 0.4) is 0 Å². The summed E-state index contributed by atoms with van der Waals surface area (Å²) in [6.07, 6.45) is 0.532. The first-order valence-electron chi connectivity index (χ1n) is 8.94. The predicted octanol–water partition coefficient (Wildman–Crippen LogP) is 3.48. The lowest BCUT2D eigenvalue weighted by atomic mass is 10.0. The van der Waals surface area contributed by atoms with E-state index in [0.29, 0.717) is 17.1 Å². The molecule has 1 saturated heterocycles. The van der Waals surface area contributed by atoms with Crippen molar-refractivity contribution < 1.29 is 9.59 Å². The number of amides is 2. The van der Waals surface area contributed by atoms with Crippen LogP contribution in [-0.4, -0.2) is 24.1 Å². The molecule has 0 aromatic heterocycles. The Labute approximate surface area is 169 Å². The van der Waals surface area contributed by atoms with Gasteiger partial charge in [0.1, 0.15) is 16.7 Å². The Morgan fingerprint density at radius 1 is 1.18 bits per heavy atom. The fourth-order valence-electron chi connectivity index (χ4n) is 3.07. The van der Waals surface area contributed by atoms with Crippen molar-refractivity contribution in [1.29, 1.82) is 5.26 Å². The maximum Gasteiger partial charge on any atom is 0.264 e. The Morgan fingerprint density at radius 3 is 2.50 bits per heavy atom. The summed E-state index contributed by atoms with van der Waals surface area (Å²) in [5, 5.41) is 12.0. The number of carbonyl (C=O) groups excluding carboxylic acids is 2. The van der Waals surface area contributed by atoms with Gasteiger partial charge in [0.2, 0.25) is 5.91 Å². The highest BCUT2D eigenvalue weighted by Gasteiger charge is 2.40. The molecule has 2 aromatic carbocycles. The molecule has 0 bridgehead atoms. The van der Waals surface area contributed by atoms with Crippen molar-refractivity contribution in [3.63, 3.8) is 0 Å². The fraction of sp³-hybridized carbons (Fsp3) is 0.227. The molecule has 3 rings (SSSR count). The number of hydrogen-bond acceptors (Lipinski definition) is 4. The summed E-state index contributed by atoms with van der Waals surface area (Å²) >= 11 is 1.28. The number of nitrogens with one attached hydrogen (secondary N) is 1. The van der Waals surface area contributed by atoms with E-state index in [9.17, 15) is 14.9 Å². The molecule has 1 atom stereocenters. The fourth-order valence-corrected chi connectivity index (χ4v) is 4.38. The highest BCUT2D eigenvalue weighted by atomic mass is 32.2. The first-order chi connectivity index (χ1) is 13.5. The van der Waals surface area contributed by atoms with Gasteiger partial charge in [-0.05, 0) is 49.1 Å². The first kappa shape index (κ1) is 19.7. The van der Waals surface area contributed by atoms with Crippen LogP contribution in [0, 0.1) is 25.2 Å². The van der Waals surface area contributed by atoms with Gasteiger partial charge in [-0.25, -0.2) is 0 Å². The Kier molecular flexibility index (Phi) is 5.86. The third-order valence-electron chi connectivity index (χ3n) is 4.74. The summed E-state index contributed by atoms with van der Waals surface area (Å²) in [4.78, 5) is 26.9. The Bertz CT molecular complexity index is 993. The number of hydrogen-bond donors (Lipinski definition) is 1. The van der Waals surface area contributed by atoms with Gasteiger partial charge < -0.3 is 5.32 Å². The largest absolute Gasteiger partial charge is 0.354 e. The van der Waals surface area contributed by atoms with Crippen molar-refractivity contribution in [2.45, 2.75) is 25.5 Å². The second-order valence-electron chi connectivity index (χ2n) is 6.61. The maximum atomic E-state index is 13.2. The lowest BCUT2D eigenvalue weighted by Crippen LogP contribution is -2.31. The number of thioether (sulfide) groups is 1. The third kappa shape index (κ3) is 3.80. The van der Waals surface area contributed by atoms with Crippen molar-refractivity contribution in [1.82, 2.24) is 5.32 Å². The monoisotopic (exact) mass is 391 g/mol. The SMILES string of the molecule is CNC(=O)/C(C#N)=C1\S[C@H](Cc2ccc(C)c(C)c2)C(=O)N1c1ccccc1. The summed E-state index contributed by atoms with van der Waals surface area (Å²) in [6, 6.07) is 17.2. The van der Waals surface area contributed by atoms with Crippen LogP contribution in [0.15, 0.2) is 59.1 Å². The van der Waals surface area contributed by atoms with E-state index in [2.05, 4.69) is 18.3 Å². The maximum absolute atomic E-state index is 13.2. The number of nitriles is 1. The molecule has 0 spiro atoms. The minimum Gasteiger partial charge on any atom is -0.354 e. The Balaban J connectivity index is 2.02. The van der Waals surface area contributed by atoms with E-state index in [-0.39, 0.29) is 11.5 Å². The van der Waals surface area contributed by atoms with Crippen LogP contribution in [0.5, 0.6) is 0 Å². The van der Waals surface area contributed by atoms with E-state index in [1.807, 2.05) is 43.3 Å². The minimum absolute atomic E-state index is 0.0488. The number of likely N-dealkylation sites (N-methyl/N-ethyl adjacent to an activating group) is 1. The highest BCUT2D eigenvalue weighted by molar-refractivity contribution is 8.05. The van der Waals surface area contributed by atoms with E-state index in [1.165, 1.54) is 34.8 Å². The summed E-state index contributed by atoms with van der Waals surface area (Å²) in [5.74, 6) is -0.619. The van der Waals surface area contributed by atoms with Crippen LogP contribution in [-0.2, 0) is 16.0 Å². The van der Waals surface area contributed by atoms with E-state index in [1.54, 1.807) is 12.1 Å². The molecule has 0 radical (unpaired) electrons. The smallest absolute Gasteiger partial charge is 0.264 e. The summed E-state index contributed by atoms with van der Waals surface area (Å²) in [7, 11) is 1.47. The van der Waals surface area contributed by atoms with Crippen molar-refractivity contribution in [3.8, 4) is 6.07 Å². The van der Waals surface area contributed by atoms with Crippen LogP contribution >= 0.6 is 11.8 Å². The molecule has 2 amide bonds. The molecule has 6 heteroatoms. The molecule has 0 unspecified atom stereocenters. The first-order valence-corrected chi connectivity index (χ1v) is 9.82. The molecule has 0 aliphatic carbocycles.